The average molecular weight is 417 g/mol. The first-order valence-corrected chi connectivity index (χ1v) is 10.8. The number of benzene rings is 1. The number of rotatable bonds is 4. The van der Waals surface area contributed by atoms with Crippen molar-refractivity contribution in [3.8, 4) is 17.0 Å². The van der Waals surface area contributed by atoms with Gasteiger partial charge in [0, 0.05) is 53.0 Å². The summed E-state index contributed by atoms with van der Waals surface area (Å²) in [6.45, 7) is 6.48. The van der Waals surface area contributed by atoms with E-state index in [9.17, 15) is 4.79 Å². The van der Waals surface area contributed by atoms with Gasteiger partial charge in [-0.2, -0.15) is 0 Å². The van der Waals surface area contributed by atoms with Gasteiger partial charge >= 0.3 is 0 Å². The van der Waals surface area contributed by atoms with E-state index in [2.05, 4.69) is 40.6 Å². The number of carbonyl (C=O) groups excluding carboxylic acids is 1. The van der Waals surface area contributed by atoms with Crippen LogP contribution in [0.2, 0.25) is 0 Å². The zero-order valence-electron chi connectivity index (χ0n) is 18.3. The zero-order chi connectivity index (χ0) is 21.6. The number of piperidine rings is 1. The molecule has 0 aliphatic carbocycles. The Morgan fingerprint density at radius 1 is 1.26 bits per heavy atom. The highest BCUT2D eigenvalue weighted by Gasteiger charge is 2.29. The van der Waals surface area contributed by atoms with Gasteiger partial charge in [-0.25, -0.2) is 4.98 Å². The molecule has 0 unspecified atom stereocenters. The van der Waals surface area contributed by atoms with E-state index in [0.717, 1.165) is 58.5 Å². The molecule has 0 saturated carbocycles. The minimum Gasteiger partial charge on any atom is -0.497 e. The number of nitrogens with one attached hydrogen (secondary N) is 1. The molecule has 4 heterocycles. The molecule has 1 aromatic carbocycles. The minimum absolute atomic E-state index is 0.172. The van der Waals surface area contributed by atoms with Crippen LogP contribution in [-0.2, 0) is 11.3 Å². The number of ether oxygens (including phenoxy) is 1. The molecule has 160 valence electrons. The third-order valence-electron chi connectivity index (χ3n) is 6.33. The largest absolute Gasteiger partial charge is 0.497 e. The molecule has 6 heteroatoms. The van der Waals surface area contributed by atoms with Crippen molar-refractivity contribution in [2.24, 2.45) is 5.41 Å². The number of H-pyrrole nitrogens is 1. The molecule has 1 N–H and O–H groups in total. The maximum Gasteiger partial charge on any atom is 0.242 e. The number of amides is 1. The molecule has 1 saturated heterocycles. The van der Waals surface area contributed by atoms with Crippen LogP contribution in [0.5, 0.6) is 5.75 Å². The lowest BCUT2D eigenvalue weighted by molar-refractivity contribution is -0.134. The van der Waals surface area contributed by atoms with Gasteiger partial charge in [-0.1, -0.05) is 13.8 Å². The van der Waals surface area contributed by atoms with Gasteiger partial charge in [0.05, 0.1) is 7.11 Å². The Bertz CT molecular complexity index is 1230. The number of methoxy groups -OCH3 is 1. The number of likely N-dealkylation sites (tertiary alicyclic amines) is 1. The van der Waals surface area contributed by atoms with Crippen molar-refractivity contribution >= 4 is 27.8 Å². The number of nitrogens with zero attached hydrogens (tertiary/aromatic N) is 3. The molecule has 4 aromatic rings. The minimum atomic E-state index is 0.172. The van der Waals surface area contributed by atoms with E-state index in [4.69, 9.17) is 4.74 Å². The van der Waals surface area contributed by atoms with Gasteiger partial charge in [0.2, 0.25) is 5.91 Å². The third-order valence-corrected chi connectivity index (χ3v) is 6.33. The number of carbonyl (C=O) groups is 1. The van der Waals surface area contributed by atoms with Gasteiger partial charge in [0.1, 0.15) is 17.9 Å². The summed E-state index contributed by atoms with van der Waals surface area (Å²) in [7, 11) is 1.67. The number of aromatic amines is 1. The van der Waals surface area contributed by atoms with E-state index >= 15 is 0 Å². The number of fused-ring (bicyclic) bond motifs is 2. The van der Waals surface area contributed by atoms with Crippen LogP contribution in [0.4, 0.5) is 0 Å². The lowest BCUT2D eigenvalue weighted by atomic mass is 9.84. The van der Waals surface area contributed by atoms with Gasteiger partial charge < -0.3 is 19.2 Å². The SMILES string of the molecule is COc1ccc2c(c1)c(-c1cc3cccnc3[nH]1)cn2CC(=O)N1CCCC(C)(C)C1. The summed E-state index contributed by atoms with van der Waals surface area (Å²) in [5.41, 5.74) is 4.08. The topological polar surface area (TPSA) is 63.1 Å². The van der Waals surface area contributed by atoms with Gasteiger partial charge in [0.15, 0.2) is 0 Å². The van der Waals surface area contributed by atoms with E-state index in [-0.39, 0.29) is 11.3 Å². The molecular formula is C25H28N4O2. The van der Waals surface area contributed by atoms with E-state index in [1.165, 1.54) is 6.42 Å². The molecule has 0 bridgehead atoms. The summed E-state index contributed by atoms with van der Waals surface area (Å²) in [5.74, 6) is 0.968. The van der Waals surface area contributed by atoms with Crippen LogP contribution in [0.3, 0.4) is 0 Å². The van der Waals surface area contributed by atoms with Crippen molar-refractivity contribution in [1.29, 1.82) is 0 Å². The fraction of sp³-hybridized carbons (Fsp3) is 0.360. The molecular weight excluding hydrogens is 388 g/mol. The summed E-state index contributed by atoms with van der Waals surface area (Å²) in [6, 6.07) is 12.1. The van der Waals surface area contributed by atoms with Crippen molar-refractivity contribution in [2.45, 2.75) is 33.2 Å². The highest BCUT2D eigenvalue weighted by molar-refractivity contribution is 5.99. The van der Waals surface area contributed by atoms with Gasteiger partial charge in [0.25, 0.3) is 0 Å². The molecule has 3 aromatic heterocycles. The Hall–Kier alpha value is -3.28. The predicted molar refractivity (Wildman–Crippen MR) is 123 cm³/mol. The summed E-state index contributed by atoms with van der Waals surface area (Å²) in [6.07, 6.45) is 6.09. The molecule has 1 aliphatic rings. The predicted octanol–water partition coefficient (Wildman–Crippen LogP) is 4.84. The third kappa shape index (κ3) is 3.67. The number of hydrogen-bond acceptors (Lipinski definition) is 3. The van der Waals surface area contributed by atoms with Crippen LogP contribution in [0, 0.1) is 5.41 Å². The van der Waals surface area contributed by atoms with E-state index < -0.39 is 0 Å². The lowest BCUT2D eigenvalue weighted by Crippen LogP contribution is -2.44. The molecule has 1 amide bonds. The standard InChI is InChI=1S/C25H28N4O2/c1-25(2)9-5-11-28(16-25)23(30)15-29-14-20(19-13-18(31-3)7-8-22(19)29)21-12-17-6-4-10-26-24(17)27-21/h4,6-8,10,12-14H,5,9,11,15-16H2,1-3H3,(H,26,27). The molecule has 5 rings (SSSR count). The van der Waals surface area contributed by atoms with E-state index in [1.807, 2.05) is 35.2 Å². The van der Waals surface area contributed by atoms with Crippen molar-refractivity contribution in [3.05, 3.63) is 48.8 Å². The van der Waals surface area contributed by atoms with E-state index in [1.54, 1.807) is 13.3 Å². The highest BCUT2D eigenvalue weighted by Crippen LogP contribution is 2.34. The number of hydrogen-bond donors (Lipinski definition) is 1. The first-order valence-electron chi connectivity index (χ1n) is 10.8. The van der Waals surface area contributed by atoms with Crippen LogP contribution in [0.1, 0.15) is 26.7 Å². The zero-order valence-corrected chi connectivity index (χ0v) is 18.3. The molecule has 31 heavy (non-hydrogen) atoms. The van der Waals surface area contributed by atoms with Gasteiger partial charge in [-0.05, 0) is 54.7 Å². The van der Waals surface area contributed by atoms with Crippen LogP contribution in [-0.4, -0.2) is 45.5 Å². The second kappa shape index (κ2) is 7.45. The molecule has 0 spiro atoms. The smallest absolute Gasteiger partial charge is 0.242 e. The van der Waals surface area contributed by atoms with E-state index in [0.29, 0.717) is 6.54 Å². The Kier molecular flexibility index (Phi) is 4.73. The van der Waals surface area contributed by atoms with Crippen molar-refractivity contribution in [1.82, 2.24) is 19.4 Å². The van der Waals surface area contributed by atoms with Gasteiger partial charge in [-0.15, -0.1) is 0 Å². The maximum absolute atomic E-state index is 13.2. The number of pyridine rings is 1. The lowest BCUT2D eigenvalue weighted by Gasteiger charge is -2.38. The summed E-state index contributed by atoms with van der Waals surface area (Å²) in [4.78, 5) is 23.0. The van der Waals surface area contributed by atoms with Crippen molar-refractivity contribution in [2.75, 3.05) is 20.2 Å². The Morgan fingerprint density at radius 2 is 2.13 bits per heavy atom. The van der Waals surface area contributed by atoms with Crippen molar-refractivity contribution < 1.29 is 9.53 Å². The molecule has 1 fully saturated rings. The highest BCUT2D eigenvalue weighted by atomic mass is 16.5. The van der Waals surface area contributed by atoms with Crippen LogP contribution < -0.4 is 4.74 Å². The molecule has 1 aliphatic heterocycles. The molecule has 0 radical (unpaired) electrons. The second-order valence-corrected chi connectivity index (χ2v) is 9.26. The van der Waals surface area contributed by atoms with Crippen LogP contribution in [0.15, 0.2) is 48.8 Å². The molecule has 6 nitrogen and oxygen atoms in total. The maximum atomic E-state index is 13.2. The summed E-state index contributed by atoms with van der Waals surface area (Å²) in [5, 5.41) is 2.12. The molecule has 0 atom stereocenters. The summed E-state index contributed by atoms with van der Waals surface area (Å²) >= 11 is 0. The Labute approximate surface area is 181 Å². The average Bonchev–Trinajstić information content (AvgIpc) is 3.34. The van der Waals surface area contributed by atoms with Crippen LogP contribution in [0.25, 0.3) is 33.2 Å². The monoisotopic (exact) mass is 416 g/mol. The first kappa shape index (κ1) is 19.7. The Morgan fingerprint density at radius 3 is 2.90 bits per heavy atom. The first-order chi connectivity index (χ1) is 14.9. The summed E-state index contributed by atoms with van der Waals surface area (Å²) < 4.78 is 7.54. The normalized spacial score (nSPS) is 16.2. The Balaban J connectivity index is 1.55. The quantitative estimate of drug-likeness (QED) is 0.518. The van der Waals surface area contributed by atoms with Gasteiger partial charge in [-0.3, -0.25) is 4.79 Å². The number of aromatic nitrogens is 3. The van der Waals surface area contributed by atoms with Crippen molar-refractivity contribution in [3.63, 3.8) is 0 Å². The van der Waals surface area contributed by atoms with Crippen LogP contribution >= 0.6 is 0 Å². The second-order valence-electron chi connectivity index (χ2n) is 9.26. The fourth-order valence-corrected chi connectivity index (χ4v) is 4.73. The fourth-order valence-electron chi connectivity index (χ4n) is 4.73.